The summed E-state index contributed by atoms with van der Waals surface area (Å²) >= 11 is 0. The predicted octanol–water partition coefficient (Wildman–Crippen LogP) is 4.36. The monoisotopic (exact) mass is 254 g/mol. The van der Waals surface area contributed by atoms with Crippen LogP contribution in [0.25, 0.3) is 0 Å². The highest BCUT2D eigenvalue weighted by Crippen LogP contribution is 2.44. The molecule has 100 valence electrons. The van der Waals surface area contributed by atoms with Gasteiger partial charge in [0.15, 0.2) is 0 Å². The van der Waals surface area contributed by atoms with Crippen molar-refractivity contribution in [3.8, 4) is 0 Å². The quantitative estimate of drug-likeness (QED) is 0.725. The summed E-state index contributed by atoms with van der Waals surface area (Å²) < 4.78 is 5.94. The Morgan fingerprint density at radius 2 is 2.05 bits per heavy atom. The first kappa shape index (κ1) is 12.7. The average Bonchev–Trinajstić information content (AvgIpc) is 2.83. The molecule has 0 unspecified atom stereocenters. The number of rotatable bonds is 4. The molecule has 1 fully saturated rings. The highest BCUT2D eigenvalue weighted by atomic mass is 16.5. The molecule has 1 aromatic carbocycles. The summed E-state index contributed by atoms with van der Waals surface area (Å²) in [5.74, 6) is 2.07. The zero-order valence-corrected chi connectivity index (χ0v) is 11.4. The van der Waals surface area contributed by atoms with Crippen molar-refractivity contribution in [3.63, 3.8) is 0 Å². The van der Waals surface area contributed by atoms with E-state index in [1.807, 2.05) is 6.07 Å². The first-order valence-corrected chi connectivity index (χ1v) is 7.30. The maximum absolute atomic E-state index is 5.94. The topological polar surface area (TPSA) is 9.23 Å². The number of allylic oxidation sites excluding steroid dienone is 3. The molecule has 1 aromatic rings. The van der Waals surface area contributed by atoms with E-state index in [4.69, 9.17) is 4.74 Å². The third kappa shape index (κ3) is 2.82. The van der Waals surface area contributed by atoms with Gasteiger partial charge in [0.05, 0.1) is 13.2 Å². The van der Waals surface area contributed by atoms with Crippen LogP contribution in [0.15, 0.2) is 54.6 Å². The van der Waals surface area contributed by atoms with E-state index in [-0.39, 0.29) is 0 Å². The Hall–Kier alpha value is -1.34. The molecule has 0 aliphatic heterocycles. The number of hydrogen-bond acceptors (Lipinski definition) is 1. The van der Waals surface area contributed by atoms with Crippen LogP contribution < -0.4 is 0 Å². The van der Waals surface area contributed by atoms with E-state index in [1.54, 1.807) is 0 Å². The molecule has 0 radical (unpaired) electrons. The van der Waals surface area contributed by atoms with E-state index < -0.39 is 0 Å². The van der Waals surface area contributed by atoms with Gasteiger partial charge in [-0.15, -0.1) is 0 Å². The molecule has 3 atom stereocenters. The Kier molecular flexibility index (Phi) is 3.84. The lowest BCUT2D eigenvalue weighted by molar-refractivity contribution is 0.0605. The average molecular weight is 254 g/mol. The van der Waals surface area contributed by atoms with Gasteiger partial charge in [0.2, 0.25) is 0 Å². The van der Waals surface area contributed by atoms with Crippen LogP contribution >= 0.6 is 0 Å². The highest BCUT2D eigenvalue weighted by Gasteiger charge is 2.36. The molecular formula is C18H22O. The van der Waals surface area contributed by atoms with Crippen molar-refractivity contribution in [1.29, 1.82) is 0 Å². The van der Waals surface area contributed by atoms with Gasteiger partial charge < -0.3 is 4.74 Å². The van der Waals surface area contributed by atoms with E-state index >= 15 is 0 Å². The van der Waals surface area contributed by atoms with Gasteiger partial charge >= 0.3 is 0 Å². The number of benzene rings is 1. The van der Waals surface area contributed by atoms with Crippen molar-refractivity contribution in [2.75, 3.05) is 6.61 Å². The lowest BCUT2D eigenvalue weighted by Crippen LogP contribution is -2.25. The summed E-state index contributed by atoms with van der Waals surface area (Å²) in [7, 11) is 0. The first-order chi connectivity index (χ1) is 9.34. The Labute approximate surface area is 116 Å². The van der Waals surface area contributed by atoms with Crippen LogP contribution in [-0.2, 0) is 11.3 Å². The summed E-state index contributed by atoms with van der Waals surface area (Å²) in [4.78, 5) is 0. The summed E-state index contributed by atoms with van der Waals surface area (Å²) in [6, 6.07) is 10.4. The van der Waals surface area contributed by atoms with Crippen LogP contribution in [-0.4, -0.2) is 6.61 Å². The van der Waals surface area contributed by atoms with Crippen molar-refractivity contribution < 1.29 is 4.74 Å². The fourth-order valence-electron chi connectivity index (χ4n) is 3.48. The van der Waals surface area contributed by atoms with Gasteiger partial charge in [-0.1, -0.05) is 54.6 Å². The maximum Gasteiger partial charge on any atom is 0.0717 e. The third-order valence-corrected chi connectivity index (χ3v) is 4.56. The van der Waals surface area contributed by atoms with Gasteiger partial charge in [-0.2, -0.15) is 0 Å². The number of ether oxygens (including phenoxy) is 1. The second-order valence-electron chi connectivity index (χ2n) is 5.81. The van der Waals surface area contributed by atoms with Crippen LogP contribution in [0, 0.1) is 17.8 Å². The zero-order valence-electron chi connectivity index (χ0n) is 11.4. The van der Waals surface area contributed by atoms with E-state index in [1.165, 1.54) is 30.4 Å². The SMILES string of the molecule is C=C1CC[C@H]2[C@@H](COCc3ccccc3)CC=C[C@@H]12. The molecule has 0 amide bonds. The van der Waals surface area contributed by atoms with Gasteiger partial charge in [0.25, 0.3) is 0 Å². The van der Waals surface area contributed by atoms with Crippen LogP contribution in [0.3, 0.4) is 0 Å². The zero-order chi connectivity index (χ0) is 13.1. The molecule has 1 heteroatoms. The fraction of sp³-hybridized carbons (Fsp3) is 0.444. The summed E-state index contributed by atoms with van der Waals surface area (Å²) in [6.45, 7) is 5.83. The van der Waals surface area contributed by atoms with Crippen molar-refractivity contribution in [1.82, 2.24) is 0 Å². The largest absolute Gasteiger partial charge is 0.376 e. The van der Waals surface area contributed by atoms with E-state index in [0.717, 1.165) is 19.1 Å². The smallest absolute Gasteiger partial charge is 0.0717 e. The normalized spacial score (nSPS) is 29.5. The van der Waals surface area contributed by atoms with Crippen LogP contribution in [0.5, 0.6) is 0 Å². The molecule has 0 N–H and O–H groups in total. The Bertz CT molecular complexity index is 460. The van der Waals surface area contributed by atoms with Crippen molar-refractivity contribution in [2.45, 2.75) is 25.9 Å². The molecule has 3 rings (SSSR count). The molecule has 0 saturated heterocycles. The van der Waals surface area contributed by atoms with Crippen LogP contribution in [0.2, 0.25) is 0 Å². The standard InChI is InChI=1S/C18H22O/c1-14-10-11-18-16(8-5-9-17(14)18)13-19-12-15-6-3-2-4-7-15/h2-7,9,16-18H,1,8,10-13H2/t16-,17+,18+/m1/s1. The Balaban J connectivity index is 1.53. The molecule has 0 aromatic heterocycles. The number of hydrogen-bond donors (Lipinski definition) is 0. The van der Waals surface area contributed by atoms with Crippen molar-refractivity contribution in [3.05, 3.63) is 60.2 Å². The van der Waals surface area contributed by atoms with E-state index in [2.05, 4.69) is 43.0 Å². The second-order valence-corrected chi connectivity index (χ2v) is 5.81. The van der Waals surface area contributed by atoms with Gasteiger partial charge in [0, 0.05) is 5.92 Å². The van der Waals surface area contributed by atoms with Gasteiger partial charge in [-0.25, -0.2) is 0 Å². The third-order valence-electron chi connectivity index (χ3n) is 4.56. The fourth-order valence-corrected chi connectivity index (χ4v) is 3.48. The minimum Gasteiger partial charge on any atom is -0.376 e. The predicted molar refractivity (Wildman–Crippen MR) is 78.7 cm³/mol. The summed E-state index contributed by atoms with van der Waals surface area (Å²) in [5.41, 5.74) is 2.69. The van der Waals surface area contributed by atoms with Crippen LogP contribution in [0.1, 0.15) is 24.8 Å². The summed E-state index contributed by atoms with van der Waals surface area (Å²) in [6.07, 6.45) is 8.37. The summed E-state index contributed by atoms with van der Waals surface area (Å²) in [5, 5.41) is 0. The molecule has 0 heterocycles. The lowest BCUT2D eigenvalue weighted by atomic mass is 9.77. The number of fused-ring (bicyclic) bond motifs is 1. The first-order valence-electron chi connectivity index (χ1n) is 7.30. The Morgan fingerprint density at radius 1 is 1.21 bits per heavy atom. The Morgan fingerprint density at radius 3 is 2.89 bits per heavy atom. The maximum atomic E-state index is 5.94. The van der Waals surface area contributed by atoms with E-state index in [9.17, 15) is 0 Å². The molecule has 2 aliphatic carbocycles. The molecule has 1 saturated carbocycles. The minimum atomic E-state index is 0.624. The molecule has 2 aliphatic rings. The molecule has 0 spiro atoms. The molecular weight excluding hydrogens is 232 g/mol. The molecule has 1 nitrogen and oxygen atoms in total. The second kappa shape index (κ2) is 5.75. The van der Waals surface area contributed by atoms with E-state index in [0.29, 0.717) is 11.8 Å². The van der Waals surface area contributed by atoms with Crippen molar-refractivity contribution in [2.24, 2.45) is 17.8 Å². The minimum absolute atomic E-state index is 0.624. The highest BCUT2D eigenvalue weighted by molar-refractivity contribution is 5.20. The van der Waals surface area contributed by atoms with Gasteiger partial charge in [-0.3, -0.25) is 0 Å². The molecule has 0 bridgehead atoms. The lowest BCUT2D eigenvalue weighted by Gasteiger charge is -2.30. The van der Waals surface area contributed by atoms with Crippen LogP contribution in [0.4, 0.5) is 0 Å². The van der Waals surface area contributed by atoms with Gasteiger partial charge in [0.1, 0.15) is 0 Å². The molecule has 19 heavy (non-hydrogen) atoms. The van der Waals surface area contributed by atoms with Crippen molar-refractivity contribution >= 4 is 0 Å². The van der Waals surface area contributed by atoms with Gasteiger partial charge in [-0.05, 0) is 36.7 Å².